The van der Waals surface area contributed by atoms with Crippen LogP contribution >= 0.6 is 12.2 Å². The number of ether oxygens (including phenoxy) is 2. The molecule has 0 saturated heterocycles. The standard InChI is InChI=1S/C15H21NO3S/c1-15(2,3)11-9-10(13(17)18-6)7-8-12(11)19-14(20)16(4)5/h7-9H,1-6H3. The summed E-state index contributed by atoms with van der Waals surface area (Å²) in [5.74, 6) is 0.293. The molecule has 1 aromatic rings. The minimum atomic E-state index is -0.364. The van der Waals surface area contributed by atoms with Crippen molar-refractivity contribution in [3.63, 3.8) is 0 Å². The number of carbonyl (C=O) groups is 1. The molecule has 5 heteroatoms. The third kappa shape index (κ3) is 3.93. The highest BCUT2D eigenvalue weighted by Gasteiger charge is 2.22. The number of carbonyl (C=O) groups excluding carboxylic acids is 1. The van der Waals surface area contributed by atoms with Gasteiger partial charge in [-0.3, -0.25) is 0 Å². The highest BCUT2D eigenvalue weighted by atomic mass is 32.1. The summed E-state index contributed by atoms with van der Waals surface area (Å²) >= 11 is 5.16. The van der Waals surface area contributed by atoms with Crippen LogP contribution in [0.5, 0.6) is 5.75 Å². The molecule has 0 aliphatic carbocycles. The van der Waals surface area contributed by atoms with Gasteiger partial charge >= 0.3 is 5.97 Å². The lowest BCUT2D eigenvalue weighted by atomic mass is 9.85. The summed E-state index contributed by atoms with van der Waals surface area (Å²) in [5.41, 5.74) is 1.23. The first-order valence-corrected chi connectivity index (χ1v) is 6.69. The summed E-state index contributed by atoms with van der Waals surface area (Å²) in [7, 11) is 5.01. The number of benzene rings is 1. The first kappa shape index (κ1) is 16.4. The highest BCUT2D eigenvalue weighted by molar-refractivity contribution is 7.80. The lowest BCUT2D eigenvalue weighted by Gasteiger charge is -2.24. The molecule has 0 aliphatic rings. The number of thiocarbonyl (C=S) groups is 1. The molecule has 110 valence electrons. The molecule has 0 aromatic heterocycles. The normalized spacial score (nSPS) is 10.9. The van der Waals surface area contributed by atoms with Crippen LogP contribution in [0.4, 0.5) is 0 Å². The summed E-state index contributed by atoms with van der Waals surface area (Å²) < 4.78 is 10.5. The molecule has 0 radical (unpaired) electrons. The lowest BCUT2D eigenvalue weighted by molar-refractivity contribution is 0.0600. The van der Waals surface area contributed by atoms with E-state index >= 15 is 0 Å². The van der Waals surface area contributed by atoms with Crippen molar-refractivity contribution in [1.29, 1.82) is 0 Å². The second kappa shape index (κ2) is 6.22. The Kier molecular flexibility index (Phi) is 5.11. The topological polar surface area (TPSA) is 38.8 Å². The monoisotopic (exact) mass is 295 g/mol. The van der Waals surface area contributed by atoms with Gasteiger partial charge in [-0.05, 0) is 35.8 Å². The maximum atomic E-state index is 11.6. The van der Waals surface area contributed by atoms with Gasteiger partial charge < -0.3 is 14.4 Å². The van der Waals surface area contributed by atoms with Gasteiger partial charge in [-0.2, -0.15) is 0 Å². The summed E-state index contributed by atoms with van der Waals surface area (Å²) in [6.45, 7) is 6.15. The molecular formula is C15H21NO3S. The van der Waals surface area contributed by atoms with E-state index in [1.165, 1.54) is 7.11 Å². The van der Waals surface area contributed by atoms with Crippen LogP contribution in [0.2, 0.25) is 0 Å². The van der Waals surface area contributed by atoms with Gasteiger partial charge in [-0.1, -0.05) is 20.8 Å². The van der Waals surface area contributed by atoms with Gasteiger partial charge in [0.25, 0.3) is 5.17 Å². The van der Waals surface area contributed by atoms with Crippen LogP contribution in [0.25, 0.3) is 0 Å². The molecule has 0 spiro atoms. The second-order valence-corrected chi connectivity index (χ2v) is 6.06. The van der Waals surface area contributed by atoms with Crippen LogP contribution in [0.1, 0.15) is 36.7 Å². The number of hydrogen-bond acceptors (Lipinski definition) is 4. The molecule has 0 heterocycles. The van der Waals surface area contributed by atoms with Crippen molar-refractivity contribution < 1.29 is 14.3 Å². The first-order valence-electron chi connectivity index (χ1n) is 6.28. The van der Waals surface area contributed by atoms with E-state index in [4.69, 9.17) is 21.7 Å². The van der Waals surface area contributed by atoms with Crippen molar-refractivity contribution >= 4 is 23.4 Å². The average Bonchev–Trinajstić information content (AvgIpc) is 2.36. The maximum absolute atomic E-state index is 11.6. The quantitative estimate of drug-likeness (QED) is 0.619. The molecule has 0 bridgehead atoms. The number of rotatable bonds is 2. The third-order valence-corrected chi connectivity index (χ3v) is 3.22. The second-order valence-electron chi connectivity index (χ2n) is 5.71. The van der Waals surface area contributed by atoms with E-state index in [1.807, 2.05) is 14.1 Å². The Morgan fingerprint density at radius 3 is 2.30 bits per heavy atom. The molecule has 1 rings (SSSR count). The summed E-state index contributed by atoms with van der Waals surface area (Å²) in [6, 6.07) is 5.22. The molecule has 1 aromatic carbocycles. The zero-order valence-electron chi connectivity index (χ0n) is 12.8. The Morgan fingerprint density at radius 1 is 1.25 bits per heavy atom. The Labute approximate surface area is 125 Å². The van der Waals surface area contributed by atoms with Crippen LogP contribution in [-0.4, -0.2) is 37.2 Å². The van der Waals surface area contributed by atoms with E-state index in [9.17, 15) is 4.79 Å². The number of hydrogen-bond donors (Lipinski definition) is 0. The van der Waals surface area contributed by atoms with Crippen LogP contribution in [0.15, 0.2) is 18.2 Å². The smallest absolute Gasteiger partial charge is 0.337 e. The van der Waals surface area contributed by atoms with E-state index in [0.29, 0.717) is 16.5 Å². The van der Waals surface area contributed by atoms with Gasteiger partial charge in [0.1, 0.15) is 5.75 Å². The Hall–Kier alpha value is -1.62. The molecule has 0 fully saturated rings. The van der Waals surface area contributed by atoms with E-state index < -0.39 is 0 Å². The van der Waals surface area contributed by atoms with E-state index in [-0.39, 0.29) is 11.4 Å². The summed E-state index contributed by atoms with van der Waals surface area (Å²) in [4.78, 5) is 13.4. The van der Waals surface area contributed by atoms with Crippen molar-refractivity contribution in [3.8, 4) is 5.75 Å². The largest absolute Gasteiger partial charge is 0.465 e. The van der Waals surface area contributed by atoms with Crippen molar-refractivity contribution in [1.82, 2.24) is 4.90 Å². The van der Waals surface area contributed by atoms with Gasteiger partial charge in [0, 0.05) is 19.7 Å². The van der Waals surface area contributed by atoms with Crippen LogP contribution in [-0.2, 0) is 10.2 Å². The minimum Gasteiger partial charge on any atom is -0.465 e. The van der Waals surface area contributed by atoms with Gasteiger partial charge in [0.15, 0.2) is 0 Å². The fourth-order valence-electron chi connectivity index (χ4n) is 1.64. The SMILES string of the molecule is COC(=O)c1ccc(OC(=S)N(C)C)c(C(C)(C)C)c1. The van der Waals surface area contributed by atoms with Gasteiger partial charge in [-0.15, -0.1) is 0 Å². The number of nitrogens with zero attached hydrogens (tertiary/aromatic N) is 1. The Balaban J connectivity index is 3.24. The van der Waals surface area contributed by atoms with Crippen LogP contribution < -0.4 is 4.74 Å². The zero-order chi connectivity index (χ0) is 15.5. The Bertz CT molecular complexity index is 518. The number of esters is 1. The van der Waals surface area contributed by atoms with E-state index in [1.54, 1.807) is 23.1 Å². The molecule has 0 atom stereocenters. The van der Waals surface area contributed by atoms with Crippen LogP contribution in [0, 0.1) is 0 Å². The van der Waals surface area contributed by atoms with E-state index in [0.717, 1.165) is 5.56 Å². The predicted molar refractivity (Wildman–Crippen MR) is 83.4 cm³/mol. The van der Waals surface area contributed by atoms with Gasteiger partial charge in [-0.25, -0.2) is 4.79 Å². The minimum absolute atomic E-state index is 0.179. The maximum Gasteiger partial charge on any atom is 0.337 e. The van der Waals surface area contributed by atoms with Crippen molar-refractivity contribution in [2.45, 2.75) is 26.2 Å². The predicted octanol–water partition coefficient (Wildman–Crippen LogP) is 3.00. The molecular weight excluding hydrogens is 274 g/mol. The van der Waals surface area contributed by atoms with Crippen molar-refractivity contribution in [2.24, 2.45) is 0 Å². The van der Waals surface area contributed by atoms with Crippen molar-refractivity contribution in [3.05, 3.63) is 29.3 Å². The molecule has 0 unspecified atom stereocenters. The summed E-state index contributed by atoms with van der Waals surface area (Å²) in [6.07, 6.45) is 0. The fourth-order valence-corrected chi connectivity index (χ4v) is 1.73. The third-order valence-electron chi connectivity index (χ3n) is 2.77. The fraction of sp³-hybridized carbons (Fsp3) is 0.467. The average molecular weight is 295 g/mol. The molecule has 4 nitrogen and oxygen atoms in total. The molecule has 0 N–H and O–H groups in total. The van der Waals surface area contributed by atoms with Crippen LogP contribution in [0.3, 0.4) is 0 Å². The Morgan fingerprint density at radius 2 is 1.85 bits per heavy atom. The van der Waals surface area contributed by atoms with E-state index in [2.05, 4.69) is 20.8 Å². The number of methoxy groups -OCH3 is 1. The first-order chi connectivity index (χ1) is 9.16. The van der Waals surface area contributed by atoms with Crippen molar-refractivity contribution in [2.75, 3.05) is 21.2 Å². The molecule has 20 heavy (non-hydrogen) atoms. The van der Waals surface area contributed by atoms with Gasteiger partial charge in [0.05, 0.1) is 12.7 Å². The molecule has 0 amide bonds. The highest BCUT2D eigenvalue weighted by Crippen LogP contribution is 2.32. The molecule has 0 saturated carbocycles. The lowest BCUT2D eigenvalue weighted by Crippen LogP contribution is -2.26. The van der Waals surface area contributed by atoms with Gasteiger partial charge in [0.2, 0.25) is 0 Å². The molecule has 0 aliphatic heterocycles. The zero-order valence-corrected chi connectivity index (χ0v) is 13.6. The summed E-state index contributed by atoms with van der Waals surface area (Å²) in [5, 5.41) is 0.376.